The standard InChI is InChI=1S/C11H13N3O/c1-8(2)4-10(15)5-9-6-13-11(12-3)14-7-9/h6-8H,4-5H2,1-2H3. The van der Waals surface area contributed by atoms with E-state index in [1.165, 1.54) is 0 Å². The number of Topliss-reactive ketones (excluding diaryl/α,β-unsaturated/α-hetero) is 1. The Morgan fingerprint density at radius 1 is 1.47 bits per heavy atom. The average molecular weight is 203 g/mol. The second-order valence-corrected chi connectivity index (χ2v) is 3.82. The van der Waals surface area contributed by atoms with Crippen LogP contribution in [0.1, 0.15) is 25.8 Å². The topological polar surface area (TPSA) is 47.2 Å². The van der Waals surface area contributed by atoms with Crippen LogP contribution >= 0.6 is 0 Å². The first kappa shape index (κ1) is 11.3. The van der Waals surface area contributed by atoms with Gasteiger partial charge in [0.15, 0.2) is 0 Å². The molecule has 0 aliphatic heterocycles. The lowest BCUT2D eigenvalue weighted by Gasteiger charge is -2.02. The van der Waals surface area contributed by atoms with Gasteiger partial charge in [0, 0.05) is 18.4 Å². The Morgan fingerprint density at radius 3 is 2.53 bits per heavy atom. The molecule has 4 heteroatoms. The minimum atomic E-state index is 0.120. The molecule has 0 bridgehead atoms. The molecule has 0 saturated heterocycles. The minimum absolute atomic E-state index is 0.120. The van der Waals surface area contributed by atoms with E-state index in [1.807, 2.05) is 13.8 Å². The number of nitrogens with zero attached hydrogens (tertiary/aromatic N) is 3. The van der Waals surface area contributed by atoms with Crippen LogP contribution in [-0.2, 0) is 11.2 Å². The monoisotopic (exact) mass is 203 g/mol. The van der Waals surface area contributed by atoms with Gasteiger partial charge in [0.2, 0.25) is 0 Å². The number of aromatic nitrogens is 2. The summed E-state index contributed by atoms with van der Waals surface area (Å²) in [5.41, 5.74) is 0.771. The van der Waals surface area contributed by atoms with Gasteiger partial charge in [-0.15, -0.1) is 6.57 Å². The van der Waals surface area contributed by atoms with Crippen molar-refractivity contribution < 1.29 is 4.79 Å². The third-order valence-corrected chi connectivity index (χ3v) is 1.83. The molecule has 1 rings (SSSR count). The molecule has 0 aliphatic rings. The van der Waals surface area contributed by atoms with Gasteiger partial charge in [0.05, 0.1) is 12.4 Å². The molecular weight excluding hydrogens is 190 g/mol. The minimum Gasteiger partial charge on any atom is -0.394 e. The molecule has 0 aromatic carbocycles. The van der Waals surface area contributed by atoms with E-state index in [-0.39, 0.29) is 11.7 Å². The largest absolute Gasteiger partial charge is 0.394 e. The smallest absolute Gasteiger partial charge is 0.371 e. The molecule has 0 spiro atoms. The van der Waals surface area contributed by atoms with E-state index in [4.69, 9.17) is 6.57 Å². The summed E-state index contributed by atoms with van der Waals surface area (Å²) in [5, 5.41) is 0. The number of hydrogen-bond acceptors (Lipinski definition) is 3. The van der Waals surface area contributed by atoms with Crippen molar-refractivity contribution in [3.8, 4) is 0 Å². The summed E-state index contributed by atoms with van der Waals surface area (Å²) in [6, 6.07) is 0. The number of rotatable bonds is 4. The summed E-state index contributed by atoms with van der Waals surface area (Å²) in [6.07, 6.45) is 4.01. The van der Waals surface area contributed by atoms with Gasteiger partial charge in [0.25, 0.3) is 0 Å². The molecule has 1 heterocycles. The predicted octanol–water partition coefficient (Wildman–Crippen LogP) is 2.19. The third kappa shape index (κ3) is 3.86. The summed E-state index contributed by atoms with van der Waals surface area (Å²) in [5.74, 6) is 0.681. The fraction of sp³-hybridized carbons (Fsp3) is 0.455. The lowest BCUT2D eigenvalue weighted by molar-refractivity contribution is -0.119. The van der Waals surface area contributed by atoms with E-state index in [1.54, 1.807) is 12.4 Å². The van der Waals surface area contributed by atoms with Crippen LogP contribution in [0.3, 0.4) is 0 Å². The number of hydrogen-bond donors (Lipinski definition) is 0. The molecule has 0 aliphatic carbocycles. The highest BCUT2D eigenvalue weighted by molar-refractivity contribution is 5.80. The third-order valence-electron chi connectivity index (χ3n) is 1.83. The van der Waals surface area contributed by atoms with Crippen molar-refractivity contribution in [2.45, 2.75) is 26.7 Å². The van der Waals surface area contributed by atoms with Gasteiger partial charge in [-0.05, 0) is 5.92 Å². The molecule has 0 atom stereocenters. The summed E-state index contributed by atoms with van der Waals surface area (Å²) in [4.78, 5) is 22.2. The SMILES string of the molecule is [C-]#[N+]c1ncc(CC(=O)CC(C)C)cn1. The Hall–Kier alpha value is -1.76. The van der Waals surface area contributed by atoms with E-state index >= 15 is 0 Å². The molecule has 78 valence electrons. The van der Waals surface area contributed by atoms with Crippen molar-refractivity contribution in [1.82, 2.24) is 9.97 Å². The van der Waals surface area contributed by atoms with Crippen LogP contribution < -0.4 is 0 Å². The predicted molar refractivity (Wildman–Crippen MR) is 56.5 cm³/mol. The van der Waals surface area contributed by atoms with Crippen molar-refractivity contribution in [3.63, 3.8) is 0 Å². The second kappa shape index (κ2) is 5.20. The highest BCUT2D eigenvalue weighted by Gasteiger charge is 2.08. The van der Waals surface area contributed by atoms with E-state index in [0.29, 0.717) is 18.8 Å². The summed E-state index contributed by atoms with van der Waals surface area (Å²) < 4.78 is 0. The van der Waals surface area contributed by atoms with E-state index in [2.05, 4.69) is 14.8 Å². The highest BCUT2D eigenvalue weighted by atomic mass is 16.1. The van der Waals surface area contributed by atoms with Crippen LogP contribution in [0.4, 0.5) is 5.95 Å². The Balaban J connectivity index is 2.58. The first-order chi connectivity index (χ1) is 7.11. The zero-order valence-electron chi connectivity index (χ0n) is 8.90. The molecule has 0 amide bonds. The van der Waals surface area contributed by atoms with Gasteiger partial charge in [-0.1, -0.05) is 13.8 Å². The number of carbonyl (C=O) groups excluding carboxylic acids is 1. The lowest BCUT2D eigenvalue weighted by Crippen LogP contribution is -2.06. The molecule has 1 aromatic heterocycles. The van der Waals surface area contributed by atoms with E-state index in [9.17, 15) is 4.79 Å². The van der Waals surface area contributed by atoms with Crippen molar-refractivity contribution in [3.05, 3.63) is 29.4 Å². The molecule has 0 radical (unpaired) electrons. The van der Waals surface area contributed by atoms with Gasteiger partial charge in [-0.25, -0.2) is 0 Å². The molecule has 1 aromatic rings. The average Bonchev–Trinajstić information content (AvgIpc) is 2.17. The fourth-order valence-electron chi connectivity index (χ4n) is 1.25. The van der Waals surface area contributed by atoms with Crippen LogP contribution in [0.2, 0.25) is 0 Å². The quantitative estimate of drug-likeness (QED) is 0.705. The van der Waals surface area contributed by atoms with Crippen molar-refractivity contribution in [1.29, 1.82) is 0 Å². The number of ketones is 1. The molecule has 4 nitrogen and oxygen atoms in total. The van der Waals surface area contributed by atoms with Crippen LogP contribution in [0.15, 0.2) is 12.4 Å². The Bertz CT molecular complexity index is 376. The van der Waals surface area contributed by atoms with Gasteiger partial charge < -0.3 is 4.85 Å². The van der Waals surface area contributed by atoms with Crippen molar-refractivity contribution in [2.75, 3.05) is 0 Å². The lowest BCUT2D eigenvalue weighted by atomic mass is 10.0. The molecular formula is C11H13N3O. The molecule has 0 N–H and O–H groups in total. The number of carbonyl (C=O) groups is 1. The molecule has 0 unspecified atom stereocenters. The maximum absolute atomic E-state index is 11.5. The molecule has 0 saturated carbocycles. The van der Waals surface area contributed by atoms with Crippen LogP contribution in [0.5, 0.6) is 0 Å². The van der Waals surface area contributed by atoms with Crippen LogP contribution in [-0.4, -0.2) is 15.8 Å². The maximum Gasteiger partial charge on any atom is 0.371 e. The van der Waals surface area contributed by atoms with Gasteiger partial charge in [-0.3, -0.25) is 4.79 Å². The van der Waals surface area contributed by atoms with Crippen LogP contribution in [0.25, 0.3) is 4.85 Å². The first-order valence-corrected chi connectivity index (χ1v) is 4.82. The zero-order valence-corrected chi connectivity index (χ0v) is 8.90. The van der Waals surface area contributed by atoms with Gasteiger partial charge in [0.1, 0.15) is 5.78 Å². The normalized spacial score (nSPS) is 10.0. The first-order valence-electron chi connectivity index (χ1n) is 4.82. The second-order valence-electron chi connectivity index (χ2n) is 3.82. The van der Waals surface area contributed by atoms with Crippen molar-refractivity contribution >= 4 is 11.7 Å². The summed E-state index contributed by atoms with van der Waals surface area (Å²) >= 11 is 0. The summed E-state index contributed by atoms with van der Waals surface area (Å²) in [7, 11) is 0. The van der Waals surface area contributed by atoms with E-state index < -0.39 is 0 Å². The zero-order chi connectivity index (χ0) is 11.3. The maximum atomic E-state index is 11.5. The fourth-order valence-corrected chi connectivity index (χ4v) is 1.25. The Labute approximate surface area is 89.2 Å². The van der Waals surface area contributed by atoms with E-state index in [0.717, 1.165) is 5.56 Å². The Morgan fingerprint density at radius 2 is 2.07 bits per heavy atom. The Kier molecular flexibility index (Phi) is 3.92. The van der Waals surface area contributed by atoms with Crippen LogP contribution in [0, 0.1) is 12.5 Å². The molecule has 15 heavy (non-hydrogen) atoms. The highest BCUT2D eigenvalue weighted by Crippen LogP contribution is 2.07. The van der Waals surface area contributed by atoms with Crippen molar-refractivity contribution in [2.24, 2.45) is 5.92 Å². The molecule has 0 fully saturated rings. The van der Waals surface area contributed by atoms with Gasteiger partial charge >= 0.3 is 5.95 Å². The summed E-state index contributed by atoms with van der Waals surface area (Å²) in [6.45, 7) is 10.7. The van der Waals surface area contributed by atoms with Gasteiger partial charge in [-0.2, -0.15) is 9.97 Å².